The lowest BCUT2D eigenvalue weighted by Crippen LogP contribution is -2.41. The van der Waals surface area contributed by atoms with Gasteiger partial charge in [-0.1, -0.05) is 23.7 Å². The Morgan fingerprint density at radius 1 is 1.17 bits per heavy atom. The molecule has 6 heteroatoms. The van der Waals surface area contributed by atoms with Gasteiger partial charge in [-0.2, -0.15) is 0 Å². The molecule has 0 aliphatic carbocycles. The number of rotatable bonds is 10. The van der Waals surface area contributed by atoms with Gasteiger partial charge in [0.05, 0.1) is 0 Å². The fraction of sp³-hybridized carbons (Fsp3) is 0.588. The molecule has 0 saturated carbocycles. The molecule has 0 bridgehead atoms. The van der Waals surface area contributed by atoms with Crippen molar-refractivity contribution in [3.05, 3.63) is 34.9 Å². The number of halogens is 1. The lowest BCUT2D eigenvalue weighted by molar-refractivity contribution is 0.180. The molecular weight excluding hydrogens is 312 g/mol. The monoisotopic (exact) mass is 340 g/mol. The second-order valence-electron chi connectivity index (χ2n) is 5.45. The number of likely N-dealkylation sites (N-methyl/N-ethyl adjacent to an activating group) is 1. The van der Waals surface area contributed by atoms with Crippen LogP contribution in [0.3, 0.4) is 0 Å². The SMILES string of the molecule is CN=C(NCCc1ccc(Cl)cc1)NCCN(C)CCCOC. The maximum atomic E-state index is 5.89. The van der Waals surface area contributed by atoms with E-state index in [1.165, 1.54) is 5.56 Å². The van der Waals surface area contributed by atoms with Gasteiger partial charge in [0.2, 0.25) is 0 Å². The Morgan fingerprint density at radius 2 is 1.87 bits per heavy atom. The molecule has 0 aromatic heterocycles. The van der Waals surface area contributed by atoms with Gasteiger partial charge in [-0.3, -0.25) is 4.99 Å². The minimum atomic E-state index is 0.772. The molecule has 0 saturated heterocycles. The van der Waals surface area contributed by atoms with Gasteiger partial charge in [0, 0.05) is 52.0 Å². The van der Waals surface area contributed by atoms with Crippen LogP contribution in [-0.2, 0) is 11.2 Å². The van der Waals surface area contributed by atoms with E-state index in [-0.39, 0.29) is 0 Å². The van der Waals surface area contributed by atoms with Crippen molar-refractivity contribution in [1.29, 1.82) is 0 Å². The summed E-state index contributed by atoms with van der Waals surface area (Å²) in [6.45, 7) is 4.53. The summed E-state index contributed by atoms with van der Waals surface area (Å²) in [6, 6.07) is 7.94. The first kappa shape index (κ1) is 19.7. The Bertz CT molecular complexity index is 450. The Labute approximate surface area is 145 Å². The fourth-order valence-corrected chi connectivity index (χ4v) is 2.28. The number of methoxy groups -OCH3 is 1. The molecule has 0 unspecified atom stereocenters. The van der Waals surface area contributed by atoms with Gasteiger partial charge >= 0.3 is 0 Å². The molecule has 0 atom stereocenters. The zero-order valence-corrected chi connectivity index (χ0v) is 15.2. The molecule has 0 radical (unpaired) electrons. The van der Waals surface area contributed by atoms with Crippen LogP contribution in [0.15, 0.2) is 29.3 Å². The number of nitrogens with one attached hydrogen (secondary N) is 2. The average Bonchev–Trinajstić information content (AvgIpc) is 2.55. The number of ether oxygens (including phenoxy) is 1. The van der Waals surface area contributed by atoms with E-state index < -0.39 is 0 Å². The molecule has 0 aliphatic rings. The maximum absolute atomic E-state index is 5.89. The number of hydrogen-bond donors (Lipinski definition) is 2. The molecule has 2 N–H and O–H groups in total. The Hall–Kier alpha value is -1.30. The van der Waals surface area contributed by atoms with Crippen molar-refractivity contribution in [2.24, 2.45) is 4.99 Å². The summed E-state index contributed by atoms with van der Waals surface area (Å²) in [6.07, 6.45) is 2.00. The van der Waals surface area contributed by atoms with E-state index >= 15 is 0 Å². The van der Waals surface area contributed by atoms with E-state index in [4.69, 9.17) is 16.3 Å². The second kappa shape index (κ2) is 12.2. The van der Waals surface area contributed by atoms with E-state index in [9.17, 15) is 0 Å². The highest BCUT2D eigenvalue weighted by molar-refractivity contribution is 6.30. The number of guanidine groups is 1. The first-order chi connectivity index (χ1) is 11.2. The second-order valence-corrected chi connectivity index (χ2v) is 5.89. The standard InChI is InChI=1S/C17H29ClN4O/c1-19-17(21-11-13-22(2)12-4-14-23-3)20-10-9-15-5-7-16(18)8-6-15/h5-8H,4,9-14H2,1-3H3,(H2,19,20,21). The minimum absolute atomic E-state index is 0.772. The summed E-state index contributed by atoms with van der Waals surface area (Å²) in [4.78, 5) is 6.53. The largest absolute Gasteiger partial charge is 0.385 e. The van der Waals surface area contributed by atoms with E-state index in [0.717, 1.165) is 56.6 Å². The molecule has 23 heavy (non-hydrogen) atoms. The molecule has 0 fully saturated rings. The number of hydrogen-bond acceptors (Lipinski definition) is 3. The first-order valence-electron chi connectivity index (χ1n) is 8.02. The third-order valence-corrected chi connectivity index (χ3v) is 3.77. The van der Waals surface area contributed by atoms with Crippen LogP contribution >= 0.6 is 11.6 Å². The average molecular weight is 341 g/mol. The zero-order valence-electron chi connectivity index (χ0n) is 14.4. The molecule has 1 rings (SSSR count). The van der Waals surface area contributed by atoms with Gasteiger partial charge in [0.15, 0.2) is 5.96 Å². The number of aliphatic imine (C=N–C) groups is 1. The third-order valence-electron chi connectivity index (χ3n) is 3.52. The highest BCUT2D eigenvalue weighted by atomic mass is 35.5. The van der Waals surface area contributed by atoms with Gasteiger partial charge in [-0.25, -0.2) is 0 Å². The lowest BCUT2D eigenvalue weighted by atomic mass is 10.1. The quantitative estimate of drug-likeness (QED) is 0.388. The van der Waals surface area contributed by atoms with E-state index in [2.05, 4.69) is 39.7 Å². The lowest BCUT2D eigenvalue weighted by Gasteiger charge is -2.18. The van der Waals surface area contributed by atoms with Gasteiger partial charge in [-0.05, 0) is 37.6 Å². The van der Waals surface area contributed by atoms with Gasteiger partial charge < -0.3 is 20.3 Å². The third kappa shape index (κ3) is 9.43. The van der Waals surface area contributed by atoms with Crippen LogP contribution in [0.25, 0.3) is 0 Å². The molecule has 0 spiro atoms. The van der Waals surface area contributed by atoms with E-state index in [0.29, 0.717) is 0 Å². The Balaban J connectivity index is 2.15. The molecule has 0 heterocycles. The van der Waals surface area contributed by atoms with Crippen LogP contribution in [0, 0.1) is 0 Å². The smallest absolute Gasteiger partial charge is 0.191 e. The van der Waals surface area contributed by atoms with Gasteiger partial charge in [0.25, 0.3) is 0 Å². The normalized spacial score (nSPS) is 11.8. The van der Waals surface area contributed by atoms with Crippen LogP contribution in [0.5, 0.6) is 0 Å². The molecule has 130 valence electrons. The highest BCUT2D eigenvalue weighted by Gasteiger charge is 2.01. The minimum Gasteiger partial charge on any atom is -0.385 e. The number of nitrogens with zero attached hydrogens (tertiary/aromatic N) is 2. The summed E-state index contributed by atoms with van der Waals surface area (Å²) in [5.74, 6) is 0.837. The molecular formula is C17H29ClN4O. The molecule has 1 aromatic rings. The molecule has 0 amide bonds. The zero-order chi connectivity index (χ0) is 16.9. The van der Waals surface area contributed by atoms with E-state index in [1.54, 1.807) is 14.2 Å². The van der Waals surface area contributed by atoms with Crippen molar-refractivity contribution in [2.45, 2.75) is 12.8 Å². The van der Waals surface area contributed by atoms with Gasteiger partial charge in [0.1, 0.15) is 0 Å². The van der Waals surface area contributed by atoms with Crippen LogP contribution in [0.2, 0.25) is 5.02 Å². The predicted molar refractivity (Wildman–Crippen MR) is 98.5 cm³/mol. The van der Waals surface area contributed by atoms with Crippen LogP contribution in [-0.4, -0.2) is 64.9 Å². The fourth-order valence-electron chi connectivity index (χ4n) is 2.15. The Morgan fingerprint density at radius 3 is 2.52 bits per heavy atom. The summed E-state index contributed by atoms with van der Waals surface area (Å²) >= 11 is 5.89. The summed E-state index contributed by atoms with van der Waals surface area (Å²) in [5.41, 5.74) is 1.26. The highest BCUT2D eigenvalue weighted by Crippen LogP contribution is 2.09. The van der Waals surface area contributed by atoms with Crippen molar-refractivity contribution < 1.29 is 4.74 Å². The van der Waals surface area contributed by atoms with Crippen molar-refractivity contribution >= 4 is 17.6 Å². The summed E-state index contributed by atoms with van der Waals surface area (Å²) in [7, 11) is 5.65. The predicted octanol–water partition coefficient (Wildman–Crippen LogP) is 2.02. The van der Waals surface area contributed by atoms with Crippen molar-refractivity contribution in [3.8, 4) is 0 Å². The van der Waals surface area contributed by atoms with Crippen molar-refractivity contribution in [1.82, 2.24) is 15.5 Å². The molecule has 0 aliphatic heterocycles. The number of benzene rings is 1. The summed E-state index contributed by atoms with van der Waals surface area (Å²) in [5, 5.41) is 7.43. The summed E-state index contributed by atoms with van der Waals surface area (Å²) < 4.78 is 5.06. The van der Waals surface area contributed by atoms with Crippen molar-refractivity contribution in [2.75, 3.05) is 54.0 Å². The van der Waals surface area contributed by atoms with E-state index in [1.807, 2.05) is 12.1 Å². The molecule has 1 aromatic carbocycles. The topological polar surface area (TPSA) is 48.9 Å². The van der Waals surface area contributed by atoms with Gasteiger partial charge in [-0.15, -0.1) is 0 Å². The van der Waals surface area contributed by atoms with Crippen LogP contribution in [0.1, 0.15) is 12.0 Å². The Kier molecular flexibility index (Phi) is 10.4. The first-order valence-corrected chi connectivity index (χ1v) is 8.40. The van der Waals surface area contributed by atoms with Crippen LogP contribution in [0.4, 0.5) is 0 Å². The molecule has 5 nitrogen and oxygen atoms in total. The van der Waals surface area contributed by atoms with Crippen molar-refractivity contribution in [3.63, 3.8) is 0 Å². The van der Waals surface area contributed by atoms with Crippen LogP contribution < -0.4 is 10.6 Å². The maximum Gasteiger partial charge on any atom is 0.191 e.